The van der Waals surface area contributed by atoms with Crippen LogP contribution in [0.5, 0.6) is 5.75 Å². The standard InChI is InChI=1S/C12H9BrO3S/c13-11-5-8(7-17-11)6-16-10-3-1-9(2-4-10)12(14)15/h1-5,7H,6H2,(H,14,15). The summed E-state index contributed by atoms with van der Waals surface area (Å²) < 4.78 is 6.60. The van der Waals surface area contributed by atoms with Crippen LogP contribution in [0.15, 0.2) is 39.5 Å². The molecular weight excluding hydrogens is 304 g/mol. The molecule has 0 unspecified atom stereocenters. The van der Waals surface area contributed by atoms with Crippen molar-refractivity contribution in [2.24, 2.45) is 0 Å². The second-order valence-corrected chi connectivity index (χ2v) is 5.67. The average molecular weight is 313 g/mol. The van der Waals surface area contributed by atoms with Crippen LogP contribution in [0.2, 0.25) is 0 Å². The van der Waals surface area contributed by atoms with Gasteiger partial charge < -0.3 is 9.84 Å². The number of halogens is 1. The molecular formula is C12H9BrO3S. The van der Waals surface area contributed by atoms with Crippen LogP contribution in [0.3, 0.4) is 0 Å². The number of carboxylic acid groups (broad SMARTS) is 1. The second-order valence-electron chi connectivity index (χ2n) is 3.38. The summed E-state index contributed by atoms with van der Waals surface area (Å²) in [5, 5.41) is 10.8. The van der Waals surface area contributed by atoms with Crippen LogP contribution < -0.4 is 4.74 Å². The third kappa shape index (κ3) is 3.31. The zero-order valence-electron chi connectivity index (χ0n) is 8.72. The molecule has 0 aliphatic heterocycles. The van der Waals surface area contributed by atoms with E-state index in [0.29, 0.717) is 12.4 Å². The van der Waals surface area contributed by atoms with Crippen molar-refractivity contribution >= 4 is 33.2 Å². The van der Waals surface area contributed by atoms with Gasteiger partial charge in [-0.1, -0.05) is 0 Å². The van der Waals surface area contributed by atoms with Gasteiger partial charge in [0.15, 0.2) is 0 Å². The van der Waals surface area contributed by atoms with E-state index >= 15 is 0 Å². The van der Waals surface area contributed by atoms with Crippen LogP contribution in [-0.2, 0) is 6.61 Å². The second kappa shape index (κ2) is 5.33. The first-order valence-electron chi connectivity index (χ1n) is 4.84. The number of thiophene rings is 1. The average Bonchev–Trinajstić information content (AvgIpc) is 2.73. The molecule has 3 nitrogen and oxygen atoms in total. The lowest BCUT2D eigenvalue weighted by atomic mass is 10.2. The molecule has 0 spiro atoms. The molecule has 88 valence electrons. The number of carboxylic acids is 1. The predicted molar refractivity (Wildman–Crippen MR) is 69.8 cm³/mol. The fourth-order valence-electron chi connectivity index (χ4n) is 1.28. The summed E-state index contributed by atoms with van der Waals surface area (Å²) in [5.74, 6) is -0.268. The number of hydrogen-bond acceptors (Lipinski definition) is 3. The summed E-state index contributed by atoms with van der Waals surface area (Å²) in [6, 6.07) is 8.37. The summed E-state index contributed by atoms with van der Waals surface area (Å²) in [4.78, 5) is 10.6. The molecule has 1 N–H and O–H groups in total. The first-order valence-corrected chi connectivity index (χ1v) is 6.51. The minimum atomic E-state index is -0.932. The van der Waals surface area contributed by atoms with Gasteiger partial charge in [0.05, 0.1) is 9.35 Å². The van der Waals surface area contributed by atoms with Crippen LogP contribution >= 0.6 is 27.3 Å². The molecule has 1 aromatic carbocycles. The van der Waals surface area contributed by atoms with Crippen molar-refractivity contribution in [3.63, 3.8) is 0 Å². The van der Waals surface area contributed by atoms with Crippen molar-refractivity contribution < 1.29 is 14.6 Å². The molecule has 5 heteroatoms. The van der Waals surface area contributed by atoms with Crippen molar-refractivity contribution in [1.82, 2.24) is 0 Å². The molecule has 0 saturated heterocycles. The highest BCUT2D eigenvalue weighted by atomic mass is 79.9. The van der Waals surface area contributed by atoms with Gasteiger partial charge in [-0.15, -0.1) is 11.3 Å². The molecule has 0 atom stereocenters. The molecule has 0 saturated carbocycles. The number of ether oxygens (including phenoxy) is 1. The first kappa shape index (κ1) is 12.1. The Morgan fingerprint density at radius 3 is 2.59 bits per heavy atom. The quantitative estimate of drug-likeness (QED) is 0.934. The van der Waals surface area contributed by atoms with E-state index in [0.717, 1.165) is 9.35 Å². The molecule has 1 heterocycles. The van der Waals surface area contributed by atoms with Crippen LogP contribution in [0.1, 0.15) is 15.9 Å². The summed E-state index contributed by atoms with van der Waals surface area (Å²) >= 11 is 4.99. The normalized spacial score (nSPS) is 10.2. The minimum absolute atomic E-state index is 0.260. The number of carbonyl (C=O) groups is 1. The maximum Gasteiger partial charge on any atom is 0.335 e. The lowest BCUT2D eigenvalue weighted by molar-refractivity contribution is 0.0697. The Hall–Kier alpha value is -1.33. The lowest BCUT2D eigenvalue weighted by Crippen LogP contribution is -1.97. The molecule has 0 aliphatic rings. The largest absolute Gasteiger partial charge is 0.489 e. The van der Waals surface area contributed by atoms with Crippen molar-refractivity contribution in [2.75, 3.05) is 0 Å². The summed E-state index contributed by atoms with van der Waals surface area (Å²) in [5.41, 5.74) is 1.35. The first-order chi connectivity index (χ1) is 8.15. The van der Waals surface area contributed by atoms with Gasteiger partial charge in [0.25, 0.3) is 0 Å². The molecule has 2 rings (SSSR count). The highest BCUT2D eigenvalue weighted by molar-refractivity contribution is 9.11. The third-order valence-corrected chi connectivity index (χ3v) is 3.68. The summed E-state index contributed by atoms with van der Waals surface area (Å²) in [6.45, 7) is 0.481. The number of aromatic carboxylic acids is 1. The highest BCUT2D eigenvalue weighted by Gasteiger charge is 2.03. The zero-order valence-corrected chi connectivity index (χ0v) is 11.1. The Labute approximate surface area is 111 Å². The summed E-state index contributed by atoms with van der Waals surface area (Å²) in [7, 11) is 0. The van der Waals surface area contributed by atoms with E-state index in [-0.39, 0.29) is 5.56 Å². The predicted octanol–water partition coefficient (Wildman–Crippen LogP) is 3.79. The van der Waals surface area contributed by atoms with E-state index in [1.54, 1.807) is 23.5 Å². The number of benzene rings is 1. The van der Waals surface area contributed by atoms with Gasteiger partial charge in [0.2, 0.25) is 0 Å². The van der Waals surface area contributed by atoms with Gasteiger partial charge in [-0.3, -0.25) is 0 Å². The van der Waals surface area contributed by atoms with E-state index in [9.17, 15) is 4.79 Å². The third-order valence-electron chi connectivity index (χ3n) is 2.13. The molecule has 0 aliphatic carbocycles. The van der Waals surface area contributed by atoms with Gasteiger partial charge in [-0.05, 0) is 51.6 Å². The van der Waals surface area contributed by atoms with Gasteiger partial charge in [-0.2, -0.15) is 0 Å². The van der Waals surface area contributed by atoms with Crippen LogP contribution in [-0.4, -0.2) is 11.1 Å². The summed E-state index contributed by atoms with van der Waals surface area (Å²) in [6.07, 6.45) is 0. The van der Waals surface area contributed by atoms with Crippen molar-refractivity contribution in [3.8, 4) is 5.75 Å². The van der Waals surface area contributed by atoms with Crippen molar-refractivity contribution in [2.45, 2.75) is 6.61 Å². The van der Waals surface area contributed by atoms with Crippen molar-refractivity contribution in [1.29, 1.82) is 0 Å². The van der Waals surface area contributed by atoms with E-state index in [1.165, 1.54) is 12.1 Å². The molecule has 0 radical (unpaired) electrons. The molecule has 17 heavy (non-hydrogen) atoms. The lowest BCUT2D eigenvalue weighted by Gasteiger charge is -2.04. The van der Waals surface area contributed by atoms with Crippen molar-refractivity contribution in [3.05, 3.63) is 50.6 Å². The molecule has 1 aromatic heterocycles. The highest BCUT2D eigenvalue weighted by Crippen LogP contribution is 2.22. The zero-order chi connectivity index (χ0) is 12.3. The molecule has 0 fully saturated rings. The Bertz CT molecular complexity index is 519. The number of hydrogen-bond donors (Lipinski definition) is 1. The molecule has 0 amide bonds. The van der Waals surface area contributed by atoms with Crippen LogP contribution in [0.25, 0.3) is 0 Å². The van der Waals surface area contributed by atoms with E-state index in [2.05, 4.69) is 15.9 Å². The van der Waals surface area contributed by atoms with Gasteiger partial charge in [-0.25, -0.2) is 4.79 Å². The SMILES string of the molecule is O=C(O)c1ccc(OCc2csc(Br)c2)cc1. The van der Waals surface area contributed by atoms with Crippen LogP contribution in [0.4, 0.5) is 0 Å². The number of rotatable bonds is 4. The van der Waals surface area contributed by atoms with E-state index in [4.69, 9.17) is 9.84 Å². The van der Waals surface area contributed by atoms with E-state index in [1.807, 2.05) is 11.4 Å². The molecule has 0 bridgehead atoms. The fraction of sp³-hybridized carbons (Fsp3) is 0.0833. The minimum Gasteiger partial charge on any atom is -0.489 e. The Kier molecular flexibility index (Phi) is 3.81. The Morgan fingerprint density at radius 2 is 2.06 bits per heavy atom. The maximum atomic E-state index is 10.6. The van der Waals surface area contributed by atoms with Crippen LogP contribution in [0, 0.1) is 0 Å². The smallest absolute Gasteiger partial charge is 0.335 e. The Morgan fingerprint density at radius 1 is 1.35 bits per heavy atom. The Balaban J connectivity index is 1.97. The monoisotopic (exact) mass is 312 g/mol. The fourth-order valence-corrected chi connectivity index (χ4v) is 2.48. The van der Waals surface area contributed by atoms with E-state index < -0.39 is 5.97 Å². The maximum absolute atomic E-state index is 10.6. The molecule has 2 aromatic rings. The topological polar surface area (TPSA) is 46.5 Å². The van der Waals surface area contributed by atoms with Gasteiger partial charge in [0.1, 0.15) is 12.4 Å². The van der Waals surface area contributed by atoms with Gasteiger partial charge in [0, 0.05) is 5.56 Å². The van der Waals surface area contributed by atoms with Gasteiger partial charge >= 0.3 is 5.97 Å².